The molecule has 1 aromatic carbocycles. The van der Waals surface area contributed by atoms with Crippen molar-refractivity contribution in [1.29, 1.82) is 0 Å². The van der Waals surface area contributed by atoms with Crippen LogP contribution in [0.4, 0.5) is 0 Å². The Hall–Kier alpha value is -3.94. The lowest BCUT2D eigenvalue weighted by atomic mass is 10.1. The van der Waals surface area contributed by atoms with E-state index >= 15 is 0 Å². The van der Waals surface area contributed by atoms with Gasteiger partial charge in [0.15, 0.2) is 11.4 Å². The molecule has 0 saturated carbocycles. The third kappa shape index (κ3) is 4.05. The molecule has 8 nitrogen and oxygen atoms in total. The maximum absolute atomic E-state index is 13.0. The molecule has 31 heavy (non-hydrogen) atoms. The van der Waals surface area contributed by atoms with E-state index in [9.17, 15) is 9.59 Å². The molecule has 0 bridgehead atoms. The molecule has 0 spiro atoms. The van der Waals surface area contributed by atoms with Crippen molar-refractivity contribution >= 4 is 22.8 Å². The maximum Gasteiger partial charge on any atom is 0.270 e. The number of benzene rings is 1. The van der Waals surface area contributed by atoms with E-state index in [4.69, 9.17) is 4.42 Å². The predicted molar refractivity (Wildman–Crippen MR) is 116 cm³/mol. The third-order valence-corrected chi connectivity index (χ3v) is 4.99. The summed E-state index contributed by atoms with van der Waals surface area (Å²) in [6.45, 7) is 6.01. The van der Waals surface area contributed by atoms with E-state index in [1.54, 1.807) is 47.5 Å². The Bertz CT molecular complexity index is 1220. The van der Waals surface area contributed by atoms with E-state index in [0.717, 1.165) is 12.0 Å². The second-order valence-electron chi connectivity index (χ2n) is 7.41. The fourth-order valence-electron chi connectivity index (χ4n) is 3.28. The number of nitrogens with zero attached hydrogens (tertiary/aromatic N) is 3. The predicted octanol–water partition coefficient (Wildman–Crippen LogP) is 3.91. The van der Waals surface area contributed by atoms with Crippen molar-refractivity contribution in [1.82, 2.24) is 25.6 Å². The van der Waals surface area contributed by atoms with E-state index in [-0.39, 0.29) is 6.04 Å². The summed E-state index contributed by atoms with van der Waals surface area (Å²) in [5.74, 6) is -0.333. The van der Waals surface area contributed by atoms with Crippen LogP contribution < -0.4 is 10.9 Å². The smallest absolute Gasteiger partial charge is 0.270 e. The maximum atomic E-state index is 13.0. The largest absolute Gasteiger partial charge is 0.463 e. The van der Waals surface area contributed by atoms with Gasteiger partial charge in [-0.05, 0) is 56.2 Å². The van der Waals surface area contributed by atoms with Gasteiger partial charge in [0.1, 0.15) is 5.69 Å². The van der Waals surface area contributed by atoms with Crippen LogP contribution in [0.25, 0.3) is 22.5 Å². The zero-order valence-corrected chi connectivity index (χ0v) is 17.5. The highest BCUT2D eigenvalue weighted by Crippen LogP contribution is 2.26. The van der Waals surface area contributed by atoms with Gasteiger partial charge in [-0.1, -0.05) is 19.1 Å². The van der Waals surface area contributed by atoms with Gasteiger partial charge in [0.25, 0.3) is 11.8 Å². The summed E-state index contributed by atoms with van der Waals surface area (Å²) in [4.78, 5) is 30.0. The highest BCUT2D eigenvalue weighted by Gasteiger charge is 2.20. The summed E-state index contributed by atoms with van der Waals surface area (Å²) in [5, 5.41) is 4.96. The normalized spacial score (nSPS) is 11.1. The quantitative estimate of drug-likeness (QED) is 0.479. The Balaban J connectivity index is 1.62. The van der Waals surface area contributed by atoms with Crippen molar-refractivity contribution in [3.05, 3.63) is 71.6 Å². The van der Waals surface area contributed by atoms with Gasteiger partial charge in [-0.25, -0.2) is 9.67 Å². The average Bonchev–Trinajstić information content (AvgIpc) is 3.46. The molecule has 0 saturated heterocycles. The lowest BCUT2D eigenvalue weighted by molar-refractivity contribution is 0.0847. The van der Waals surface area contributed by atoms with Gasteiger partial charge < -0.3 is 4.42 Å². The molecule has 3 heterocycles. The minimum atomic E-state index is -0.470. The number of hydrogen-bond donors (Lipinski definition) is 2. The zero-order valence-electron chi connectivity index (χ0n) is 17.5. The summed E-state index contributed by atoms with van der Waals surface area (Å²) < 4.78 is 7.20. The number of hydrazine groups is 1. The van der Waals surface area contributed by atoms with Crippen LogP contribution in [0.5, 0.6) is 0 Å². The minimum absolute atomic E-state index is 0.0542. The Kier molecular flexibility index (Phi) is 5.53. The number of amides is 2. The number of rotatable bonds is 5. The van der Waals surface area contributed by atoms with Gasteiger partial charge in [-0.2, -0.15) is 5.10 Å². The van der Waals surface area contributed by atoms with Crippen molar-refractivity contribution in [3.63, 3.8) is 0 Å². The van der Waals surface area contributed by atoms with Gasteiger partial charge in [-0.3, -0.25) is 20.4 Å². The van der Waals surface area contributed by atoms with Crippen LogP contribution in [0, 0.1) is 0 Å². The first-order valence-electron chi connectivity index (χ1n) is 10.1. The van der Waals surface area contributed by atoms with E-state index in [2.05, 4.69) is 20.9 Å². The first-order valence-corrected chi connectivity index (χ1v) is 10.1. The molecular formula is C23H23N5O3. The lowest BCUT2D eigenvalue weighted by Gasteiger charge is -2.11. The van der Waals surface area contributed by atoms with E-state index in [0.29, 0.717) is 33.6 Å². The number of aromatic nitrogens is 3. The van der Waals surface area contributed by atoms with Crippen molar-refractivity contribution in [3.8, 4) is 11.5 Å². The monoisotopic (exact) mass is 417 g/mol. The lowest BCUT2D eigenvalue weighted by Crippen LogP contribution is -2.41. The SMILES string of the molecule is CCc1ccc(C(=O)NNC(=O)c2cc(-c3ccco3)nc3c2cnn3C(C)C)cc1. The van der Waals surface area contributed by atoms with Crippen LogP contribution in [0.3, 0.4) is 0 Å². The summed E-state index contributed by atoms with van der Waals surface area (Å²) >= 11 is 0. The van der Waals surface area contributed by atoms with Crippen LogP contribution in [0.15, 0.2) is 59.3 Å². The molecule has 0 atom stereocenters. The number of nitrogens with one attached hydrogen (secondary N) is 2. The number of carbonyl (C=O) groups is 2. The fraction of sp³-hybridized carbons (Fsp3) is 0.217. The first kappa shape index (κ1) is 20.3. The number of fused-ring (bicyclic) bond motifs is 1. The van der Waals surface area contributed by atoms with Crippen molar-refractivity contribution in [2.75, 3.05) is 0 Å². The van der Waals surface area contributed by atoms with Crippen LogP contribution in [0.2, 0.25) is 0 Å². The van der Waals surface area contributed by atoms with Crippen LogP contribution in [-0.2, 0) is 6.42 Å². The second-order valence-corrected chi connectivity index (χ2v) is 7.41. The van der Waals surface area contributed by atoms with Crippen LogP contribution in [0.1, 0.15) is 53.1 Å². The van der Waals surface area contributed by atoms with Gasteiger partial charge in [-0.15, -0.1) is 0 Å². The molecule has 0 radical (unpaired) electrons. The summed E-state index contributed by atoms with van der Waals surface area (Å²) in [6.07, 6.45) is 4.04. The van der Waals surface area contributed by atoms with Crippen molar-refractivity contribution < 1.29 is 14.0 Å². The third-order valence-electron chi connectivity index (χ3n) is 4.99. The molecule has 0 aliphatic rings. The summed E-state index contributed by atoms with van der Waals surface area (Å²) in [5.41, 5.74) is 7.97. The molecule has 2 N–H and O–H groups in total. The molecule has 2 amide bonds. The second kappa shape index (κ2) is 8.43. The molecule has 0 aliphatic heterocycles. The highest BCUT2D eigenvalue weighted by molar-refractivity contribution is 6.07. The topological polar surface area (TPSA) is 102 Å². The van der Waals surface area contributed by atoms with E-state index in [1.165, 1.54) is 0 Å². The number of furan rings is 1. The van der Waals surface area contributed by atoms with Gasteiger partial charge >= 0.3 is 0 Å². The van der Waals surface area contributed by atoms with Crippen LogP contribution >= 0.6 is 0 Å². The summed E-state index contributed by atoms with van der Waals surface area (Å²) in [7, 11) is 0. The van der Waals surface area contributed by atoms with Gasteiger partial charge in [0.2, 0.25) is 0 Å². The van der Waals surface area contributed by atoms with E-state index in [1.807, 2.05) is 32.9 Å². The number of aryl methyl sites for hydroxylation is 1. The van der Waals surface area contributed by atoms with E-state index < -0.39 is 11.8 Å². The Morgan fingerprint density at radius 2 is 1.84 bits per heavy atom. The number of hydrogen-bond acceptors (Lipinski definition) is 5. The Labute approximate surface area is 179 Å². The molecule has 0 unspecified atom stereocenters. The standard InChI is InChI=1S/C23H23N5O3/c1-4-15-7-9-16(10-8-15)22(29)26-27-23(30)17-12-19(20-6-5-11-31-20)25-21-18(17)13-24-28(21)14(2)3/h5-14H,4H2,1-3H3,(H,26,29)(H,27,30). The Morgan fingerprint density at radius 1 is 1.10 bits per heavy atom. The number of pyridine rings is 1. The average molecular weight is 417 g/mol. The van der Waals surface area contributed by atoms with Crippen molar-refractivity contribution in [2.45, 2.75) is 33.2 Å². The molecule has 8 heteroatoms. The first-order chi connectivity index (χ1) is 15.0. The fourth-order valence-corrected chi connectivity index (χ4v) is 3.28. The molecule has 3 aromatic heterocycles. The molecule has 4 aromatic rings. The van der Waals surface area contributed by atoms with Crippen LogP contribution in [-0.4, -0.2) is 26.6 Å². The molecule has 158 valence electrons. The molecule has 4 rings (SSSR count). The summed E-state index contributed by atoms with van der Waals surface area (Å²) in [6, 6.07) is 12.4. The van der Waals surface area contributed by atoms with Gasteiger partial charge in [0.05, 0.1) is 23.4 Å². The van der Waals surface area contributed by atoms with Gasteiger partial charge in [0, 0.05) is 11.6 Å². The Morgan fingerprint density at radius 3 is 2.48 bits per heavy atom. The van der Waals surface area contributed by atoms with Crippen molar-refractivity contribution in [2.24, 2.45) is 0 Å². The highest BCUT2D eigenvalue weighted by atomic mass is 16.3. The molecule has 0 fully saturated rings. The minimum Gasteiger partial charge on any atom is -0.463 e. The zero-order chi connectivity index (χ0) is 22.0. The number of carbonyl (C=O) groups excluding carboxylic acids is 2. The molecule has 0 aliphatic carbocycles. The molecular weight excluding hydrogens is 394 g/mol.